The van der Waals surface area contributed by atoms with Crippen LogP contribution in [0.5, 0.6) is 0 Å². The second kappa shape index (κ2) is 19.0. The summed E-state index contributed by atoms with van der Waals surface area (Å²) in [5, 5.41) is 19.3. The molecule has 1 aromatic carbocycles. The Hall–Kier alpha value is -4.78. The highest BCUT2D eigenvalue weighted by molar-refractivity contribution is 7.85. The lowest BCUT2D eigenvalue weighted by Gasteiger charge is -2.34. The molecule has 262 valence electrons. The molecule has 5 amide bonds. The number of benzene rings is 1. The van der Waals surface area contributed by atoms with Crippen molar-refractivity contribution in [2.45, 2.75) is 63.7 Å². The van der Waals surface area contributed by atoms with Crippen molar-refractivity contribution in [3.8, 4) is 0 Å². The molecule has 0 aromatic heterocycles. The van der Waals surface area contributed by atoms with Crippen molar-refractivity contribution in [2.24, 2.45) is 22.4 Å². The van der Waals surface area contributed by atoms with Gasteiger partial charge < -0.3 is 42.7 Å². The summed E-state index contributed by atoms with van der Waals surface area (Å²) in [5.41, 5.74) is 11.4. The molecule has 18 nitrogen and oxygen atoms in total. The van der Waals surface area contributed by atoms with E-state index in [9.17, 15) is 42.3 Å². The summed E-state index contributed by atoms with van der Waals surface area (Å²) in [4.78, 5) is 82.8. The first kappa shape index (κ1) is 40.2. The van der Waals surface area contributed by atoms with Crippen molar-refractivity contribution in [3.63, 3.8) is 0 Å². The molecular formula is C28H44N8O10S. The Morgan fingerprint density at radius 2 is 1.55 bits per heavy atom. The molecule has 47 heavy (non-hydrogen) atoms. The zero-order valence-corrected chi connectivity index (χ0v) is 27.5. The van der Waals surface area contributed by atoms with Crippen molar-refractivity contribution in [3.05, 3.63) is 35.9 Å². The molecule has 0 saturated carbocycles. The van der Waals surface area contributed by atoms with Gasteiger partial charge in [0.25, 0.3) is 10.1 Å². The van der Waals surface area contributed by atoms with E-state index in [1.807, 2.05) is 0 Å². The van der Waals surface area contributed by atoms with Crippen LogP contribution in [0.25, 0.3) is 0 Å². The fraction of sp³-hybridized carbons (Fsp3) is 0.536. The van der Waals surface area contributed by atoms with E-state index >= 15 is 0 Å². The topological polar surface area (TPSA) is 293 Å². The number of hydrogen-bond acceptors (Lipinski definition) is 9. The SMILES string of the molecule is CC(C)C1C(=O)NC(CCCN=C(N)N)C(=O)NCC(=O)NC(CC(=O)O)C(=O)NC(Cc2ccccc2)C(=O)N1C.CS(=O)(=O)O. The highest BCUT2D eigenvalue weighted by Crippen LogP contribution is 2.15. The van der Waals surface area contributed by atoms with Crippen LogP contribution in [0.1, 0.15) is 38.7 Å². The largest absolute Gasteiger partial charge is 0.481 e. The second-order valence-corrected chi connectivity index (χ2v) is 12.5. The molecular weight excluding hydrogens is 640 g/mol. The summed E-state index contributed by atoms with van der Waals surface area (Å²) < 4.78 is 25.9. The molecule has 1 heterocycles. The van der Waals surface area contributed by atoms with Gasteiger partial charge in [-0.25, -0.2) is 0 Å². The van der Waals surface area contributed by atoms with Crippen LogP contribution in [0.2, 0.25) is 0 Å². The monoisotopic (exact) mass is 684 g/mol. The molecule has 10 N–H and O–H groups in total. The van der Waals surface area contributed by atoms with Crippen LogP contribution < -0.4 is 32.7 Å². The Morgan fingerprint density at radius 1 is 0.979 bits per heavy atom. The molecule has 0 spiro atoms. The quantitative estimate of drug-likeness (QED) is 0.0572. The van der Waals surface area contributed by atoms with Gasteiger partial charge >= 0.3 is 5.97 Å². The maximum Gasteiger partial charge on any atom is 0.305 e. The average Bonchev–Trinajstić information content (AvgIpc) is 2.95. The van der Waals surface area contributed by atoms with Gasteiger partial charge in [-0.3, -0.25) is 38.3 Å². The summed E-state index contributed by atoms with van der Waals surface area (Å²) in [6, 6.07) is 3.92. The third kappa shape index (κ3) is 15.9. The number of aliphatic carboxylic acids is 1. The summed E-state index contributed by atoms with van der Waals surface area (Å²) in [5.74, 6) is -5.58. The van der Waals surface area contributed by atoms with Gasteiger partial charge in [-0.1, -0.05) is 44.2 Å². The number of aliphatic imine (C=N–C) groups is 1. The van der Waals surface area contributed by atoms with E-state index in [2.05, 4.69) is 26.3 Å². The lowest BCUT2D eigenvalue weighted by Crippen LogP contribution is -2.59. The number of likely N-dealkylation sites (N-methyl/N-ethyl adjacent to an activating group) is 1. The van der Waals surface area contributed by atoms with Crippen LogP contribution in [0.3, 0.4) is 0 Å². The van der Waals surface area contributed by atoms with Gasteiger partial charge in [0.05, 0.1) is 19.2 Å². The first-order chi connectivity index (χ1) is 21.8. The maximum absolute atomic E-state index is 13.8. The molecule has 1 aromatic rings. The number of guanidine groups is 1. The number of amides is 5. The zero-order valence-electron chi connectivity index (χ0n) is 26.6. The van der Waals surface area contributed by atoms with Gasteiger partial charge in [-0.15, -0.1) is 0 Å². The lowest BCUT2D eigenvalue weighted by molar-refractivity contribution is -0.144. The van der Waals surface area contributed by atoms with Crippen LogP contribution in [0.15, 0.2) is 35.3 Å². The standard InChI is InChI=1S/C27H40N8O7.CH4O3S/c1-15(2)22-25(41)33-17(10-7-11-30-27(28)29)23(39)31-14-20(36)32-18(13-21(37)38)24(40)34-19(26(42)35(22)3)12-16-8-5-4-6-9-16;1-5(2,3)4/h4-6,8-9,15,17-19,22H,7,10-14H2,1-3H3,(H,31,39)(H,32,36)(H,33,41)(H,34,40)(H,37,38)(H4,28,29,30);1H3,(H,2,3,4). The van der Waals surface area contributed by atoms with E-state index in [1.54, 1.807) is 44.2 Å². The molecule has 0 radical (unpaired) electrons. The molecule has 4 atom stereocenters. The minimum Gasteiger partial charge on any atom is -0.481 e. The summed E-state index contributed by atoms with van der Waals surface area (Å²) in [6.45, 7) is 3.04. The molecule has 1 aliphatic rings. The molecule has 1 fully saturated rings. The number of carboxylic acid groups (broad SMARTS) is 1. The van der Waals surface area contributed by atoms with Crippen LogP contribution in [-0.4, -0.2) is 115 Å². The van der Waals surface area contributed by atoms with Gasteiger partial charge in [-0.05, 0) is 24.3 Å². The number of carbonyl (C=O) groups is 6. The predicted molar refractivity (Wildman–Crippen MR) is 170 cm³/mol. The molecule has 1 aliphatic heterocycles. The summed E-state index contributed by atoms with van der Waals surface area (Å²) in [7, 11) is -2.25. The van der Waals surface area contributed by atoms with Gasteiger partial charge in [0, 0.05) is 20.0 Å². The Balaban J connectivity index is 0.00000204. The van der Waals surface area contributed by atoms with Gasteiger partial charge in [0.15, 0.2) is 5.96 Å². The molecule has 4 unspecified atom stereocenters. The summed E-state index contributed by atoms with van der Waals surface area (Å²) in [6.07, 6.45) is 0.394. The molecule has 0 aliphatic carbocycles. The van der Waals surface area contributed by atoms with Crippen molar-refractivity contribution < 1.29 is 46.8 Å². The van der Waals surface area contributed by atoms with Gasteiger partial charge in [0.1, 0.15) is 24.2 Å². The molecule has 1 saturated heterocycles. The fourth-order valence-corrected chi connectivity index (χ4v) is 4.58. The highest BCUT2D eigenvalue weighted by atomic mass is 32.2. The van der Waals surface area contributed by atoms with E-state index in [4.69, 9.17) is 16.0 Å². The number of nitrogens with zero attached hydrogens (tertiary/aromatic N) is 2. The Kier molecular flexibility index (Phi) is 16.3. The average molecular weight is 685 g/mol. The van der Waals surface area contributed by atoms with Crippen molar-refractivity contribution in [2.75, 3.05) is 26.4 Å². The van der Waals surface area contributed by atoms with Gasteiger partial charge in [0.2, 0.25) is 29.5 Å². The highest BCUT2D eigenvalue weighted by Gasteiger charge is 2.37. The number of rotatable bonds is 9. The number of nitrogens with two attached hydrogens (primary N) is 2. The van der Waals surface area contributed by atoms with E-state index < -0.39 is 88.7 Å². The predicted octanol–water partition coefficient (Wildman–Crippen LogP) is -2.67. The van der Waals surface area contributed by atoms with Crippen molar-refractivity contribution in [1.29, 1.82) is 0 Å². The minimum atomic E-state index is -3.67. The number of carbonyl (C=O) groups excluding carboxylic acids is 5. The fourth-order valence-electron chi connectivity index (χ4n) is 4.58. The second-order valence-electron chi connectivity index (χ2n) is 11.1. The van der Waals surface area contributed by atoms with Crippen LogP contribution in [0.4, 0.5) is 0 Å². The van der Waals surface area contributed by atoms with Crippen molar-refractivity contribution in [1.82, 2.24) is 26.2 Å². The first-order valence-electron chi connectivity index (χ1n) is 14.5. The van der Waals surface area contributed by atoms with E-state index in [0.717, 1.165) is 0 Å². The first-order valence-corrected chi connectivity index (χ1v) is 16.3. The minimum absolute atomic E-state index is 0.0311. The van der Waals surface area contributed by atoms with Crippen LogP contribution in [0, 0.1) is 5.92 Å². The smallest absolute Gasteiger partial charge is 0.305 e. The Morgan fingerprint density at radius 3 is 2.09 bits per heavy atom. The summed E-state index contributed by atoms with van der Waals surface area (Å²) >= 11 is 0. The third-order valence-corrected chi connectivity index (χ3v) is 6.59. The number of carboxylic acids is 1. The molecule has 19 heteroatoms. The maximum atomic E-state index is 13.8. The van der Waals surface area contributed by atoms with E-state index in [0.29, 0.717) is 18.2 Å². The zero-order chi connectivity index (χ0) is 35.9. The van der Waals surface area contributed by atoms with Crippen molar-refractivity contribution >= 4 is 51.6 Å². The normalized spacial score (nSPS) is 21.5. The Labute approximate surface area is 272 Å². The molecule has 0 bridgehead atoms. The lowest BCUT2D eigenvalue weighted by atomic mass is 9.98. The van der Waals surface area contributed by atoms with Crippen LogP contribution in [-0.2, 0) is 45.3 Å². The third-order valence-electron chi connectivity index (χ3n) is 6.59. The number of hydrogen-bond donors (Lipinski definition) is 8. The van der Waals surface area contributed by atoms with Crippen LogP contribution >= 0.6 is 0 Å². The number of nitrogens with one attached hydrogen (secondary N) is 4. The van der Waals surface area contributed by atoms with E-state index in [1.165, 1.54) is 11.9 Å². The van der Waals surface area contributed by atoms with Gasteiger partial charge in [-0.2, -0.15) is 8.42 Å². The molecule has 2 rings (SSSR count). The van der Waals surface area contributed by atoms with E-state index in [-0.39, 0.29) is 25.3 Å². The Bertz CT molecular complexity index is 1390.